The molecule has 3 N–H and O–H groups in total. The van der Waals surface area contributed by atoms with E-state index in [0.29, 0.717) is 6.54 Å². The van der Waals surface area contributed by atoms with E-state index < -0.39 is 12.0 Å². The van der Waals surface area contributed by atoms with Crippen LogP contribution in [0.1, 0.15) is 37.1 Å². The Bertz CT molecular complexity index is 538. The van der Waals surface area contributed by atoms with Gasteiger partial charge in [0.2, 0.25) is 0 Å². The van der Waals surface area contributed by atoms with E-state index in [1.807, 2.05) is 0 Å². The van der Waals surface area contributed by atoms with Gasteiger partial charge in [0.1, 0.15) is 6.04 Å². The fraction of sp³-hybridized carbons (Fsp3) is 0.643. The highest BCUT2D eigenvalue weighted by molar-refractivity contribution is 5.83. The first-order valence-corrected chi connectivity index (χ1v) is 7.43. The largest absolute Gasteiger partial charge is 0.480 e. The Labute approximate surface area is 122 Å². The Hall–Kier alpha value is -2.05. The number of aromatic nitrogens is 2. The topological polar surface area (TPSA) is 98.3 Å². The number of fused-ring (bicyclic) bond motifs is 1. The predicted octanol–water partition coefficient (Wildman–Crippen LogP) is 1.12. The monoisotopic (exact) mass is 292 g/mol. The van der Waals surface area contributed by atoms with Gasteiger partial charge in [-0.2, -0.15) is 0 Å². The molecule has 1 aliphatic carbocycles. The molecule has 2 aliphatic rings. The van der Waals surface area contributed by atoms with E-state index in [1.54, 1.807) is 6.33 Å². The van der Waals surface area contributed by atoms with Gasteiger partial charge in [-0.25, -0.2) is 14.6 Å². The number of imidazole rings is 1. The molecule has 1 saturated carbocycles. The summed E-state index contributed by atoms with van der Waals surface area (Å²) in [4.78, 5) is 32.1. The third-order valence-electron chi connectivity index (χ3n) is 4.50. The van der Waals surface area contributed by atoms with Crippen LogP contribution in [0.15, 0.2) is 6.33 Å². The lowest BCUT2D eigenvalue weighted by Gasteiger charge is -2.32. The SMILES string of the molecule is O=C(O)C1Cc2nc[nH]c2CN1C(=O)NCCC1CCC1. The molecule has 1 aromatic rings. The lowest BCUT2D eigenvalue weighted by Crippen LogP contribution is -2.52. The molecule has 0 radical (unpaired) electrons. The number of nitrogens with zero attached hydrogens (tertiary/aromatic N) is 2. The number of amides is 2. The van der Waals surface area contributed by atoms with E-state index >= 15 is 0 Å². The van der Waals surface area contributed by atoms with Crippen molar-refractivity contribution in [2.75, 3.05) is 6.54 Å². The number of rotatable bonds is 4. The number of aliphatic carboxylic acids is 1. The fourth-order valence-corrected chi connectivity index (χ4v) is 2.94. The average molecular weight is 292 g/mol. The molecule has 1 fully saturated rings. The number of H-pyrrole nitrogens is 1. The Kier molecular flexibility index (Phi) is 3.81. The second kappa shape index (κ2) is 5.75. The second-order valence-electron chi connectivity index (χ2n) is 5.83. The van der Waals surface area contributed by atoms with E-state index in [0.717, 1.165) is 23.7 Å². The summed E-state index contributed by atoms with van der Waals surface area (Å²) in [6, 6.07) is -1.15. The van der Waals surface area contributed by atoms with Gasteiger partial charge >= 0.3 is 12.0 Å². The van der Waals surface area contributed by atoms with Crippen LogP contribution < -0.4 is 5.32 Å². The normalized spacial score (nSPS) is 21.5. The van der Waals surface area contributed by atoms with Crippen molar-refractivity contribution in [3.63, 3.8) is 0 Å². The van der Waals surface area contributed by atoms with Gasteiger partial charge < -0.3 is 20.3 Å². The first-order valence-electron chi connectivity index (χ1n) is 7.43. The number of carbonyl (C=O) groups excluding carboxylic acids is 1. The molecule has 7 heteroatoms. The van der Waals surface area contributed by atoms with Crippen LogP contribution in [-0.4, -0.2) is 44.6 Å². The number of hydrogen-bond acceptors (Lipinski definition) is 3. The van der Waals surface area contributed by atoms with Crippen LogP contribution >= 0.6 is 0 Å². The molecular weight excluding hydrogens is 272 g/mol. The molecule has 21 heavy (non-hydrogen) atoms. The van der Waals surface area contributed by atoms with E-state index in [4.69, 9.17) is 0 Å². The van der Waals surface area contributed by atoms with Crippen LogP contribution in [0.4, 0.5) is 4.79 Å². The zero-order chi connectivity index (χ0) is 14.8. The van der Waals surface area contributed by atoms with E-state index in [2.05, 4.69) is 15.3 Å². The van der Waals surface area contributed by atoms with E-state index in [1.165, 1.54) is 24.2 Å². The Morgan fingerprint density at radius 1 is 1.48 bits per heavy atom. The standard InChI is InChI=1S/C14H20N4O3/c19-13(20)12-6-10-11(17-8-16-10)7-18(12)14(21)15-5-4-9-2-1-3-9/h8-9,12H,1-7H2,(H,15,21)(H,16,17)(H,19,20). The third kappa shape index (κ3) is 2.86. The van der Waals surface area contributed by atoms with Gasteiger partial charge in [0, 0.05) is 13.0 Å². The molecule has 0 bridgehead atoms. The van der Waals surface area contributed by atoms with Crippen molar-refractivity contribution in [1.82, 2.24) is 20.2 Å². The maximum absolute atomic E-state index is 12.2. The highest BCUT2D eigenvalue weighted by atomic mass is 16.4. The van der Waals surface area contributed by atoms with Crippen LogP contribution in [-0.2, 0) is 17.8 Å². The van der Waals surface area contributed by atoms with Gasteiger partial charge in [-0.15, -0.1) is 0 Å². The van der Waals surface area contributed by atoms with Gasteiger partial charge in [-0.1, -0.05) is 19.3 Å². The molecule has 2 heterocycles. The van der Waals surface area contributed by atoms with Crippen molar-refractivity contribution in [3.05, 3.63) is 17.7 Å². The van der Waals surface area contributed by atoms with Crippen LogP contribution in [0, 0.1) is 5.92 Å². The predicted molar refractivity (Wildman–Crippen MR) is 74.6 cm³/mol. The summed E-state index contributed by atoms with van der Waals surface area (Å²) in [5.41, 5.74) is 1.56. The minimum absolute atomic E-state index is 0.254. The highest BCUT2D eigenvalue weighted by Gasteiger charge is 2.35. The molecule has 1 aliphatic heterocycles. The molecule has 0 aromatic carbocycles. The maximum Gasteiger partial charge on any atom is 0.326 e. The molecule has 3 rings (SSSR count). The van der Waals surface area contributed by atoms with Crippen LogP contribution in [0.3, 0.4) is 0 Å². The zero-order valence-electron chi connectivity index (χ0n) is 11.8. The molecule has 1 aromatic heterocycles. The van der Waals surface area contributed by atoms with E-state index in [9.17, 15) is 14.7 Å². The molecular formula is C14H20N4O3. The van der Waals surface area contributed by atoms with Crippen molar-refractivity contribution in [2.45, 2.75) is 44.7 Å². The number of nitrogens with one attached hydrogen (secondary N) is 2. The van der Waals surface area contributed by atoms with Gasteiger partial charge in [0.15, 0.2) is 0 Å². The summed E-state index contributed by atoms with van der Waals surface area (Å²) < 4.78 is 0. The fourth-order valence-electron chi connectivity index (χ4n) is 2.94. The lowest BCUT2D eigenvalue weighted by atomic mass is 9.83. The van der Waals surface area contributed by atoms with Gasteiger partial charge in [-0.05, 0) is 12.3 Å². The van der Waals surface area contributed by atoms with Crippen molar-refractivity contribution in [3.8, 4) is 0 Å². The molecule has 7 nitrogen and oxygen atoms in total. The minimum atomic E-state index is -0.988. The second-order valence-corrected chi connectivity index (χ2v) is 5.83. The van der Waals surface area contributed by atoms with E-state index in [-0.39, 0.29) is 19.0 Å². The average Bonchev–Trinajstić information content (AvgIpc) is 2.87. The van der Waals surface area contributed by atoms with Crippen molar-refractivity contribution < 1.29 is 14.7 Å². The Morgan fingerprint density at radius 2 is 2.29 bits per heavy atom. The molecule has 0 spiro atoms. The Balaban J connectivity index is 1.61. The van der Waals surface area contributed by atoms with Crippen molar-refractivity contribution >= 4 is 12.0 Å². The van der Waals surface area contributed by atoms with Crippen LogP contribution in [0.25, 0.3) is 0 Å². The summed E-state index contributed by atoms with van der Waals surface area (Å²) in [6.45, 7) is 0.879. The molecule has 2 amide bonds. The summed E-state index contributed by atoms with van der Waals surface area (Å²) in [5.74, 6) is -0.265. The summed E-state index contributed by atoms with van der Waals surface area (Å²) in [7, 11) is 0. The third-order valence-corrected chi connectivity index (χ3v) is 4.50. The molecule has 1 unspecified atom stereocenters. The maximum atomic E-state index is 12.2. The van der Waals surface area contributed by atoms with Gasteiger partial charge in [0.25, 0.3) is 0 Å². The summed E-state index contributed by atoms with van der Waals surface area (Å²) in [5, 5.41) is 12.2. The van der Waals surface area contributed by atoms with Crippen molar-refractivity contribution in [2.24, 2.45) is 5.92 Å². The molecule has 1 atom stereocenters. The summed E-state index contributed by atoms with van der Waals surface area (Å²) in [6.07, 6.45) is 6.55. The minimum Gasteiger partial charge on any atom is -0.480 e. The van der Waals surface area contributed by atoms with Gasteiger partial charge in [-0.3, -0.25) is 0 Å². The quantitative estimate of drug-likeness (QED) is 0.774. The highest BCUT2D eigenvalue weighted by Crippen LogP contribution is 2.28. The van der Waals surface area contributed by atoms with Gasteiger partial charge in [0.05, 0.1) is 24.3 Å². The number of carbonyl (C=O) groups is 2. The first-order chi connectivity index (χ1) is 10.1. The van der Waals surface area contributed by atoms with Crippen LogP contribution in [0.5, 0.6) is 0 Å². The smallest absolute Gasteiger partial charge is 0.326 e. The molecule has 114 valence electrons. The first kappa shape index (κ1) is 13.9. The Morgan fingerprint density at radius 3 is 2.95 bits per heavy atom. The number of carboxylic acid groups (broad SMARTS) is 1. The lowest BCUT2D eigenvalue weighted by molar-refractivity contribution is -0.142. The summed E-state index contributed by atoms with van der Waals surface area (Å²) >= 11 is 0. The number of carboxylic acids is 1. The van der Waals surface area contributed by atoms with Crippen molar-refractivity contribution in [1.29, 1.82) is 0 Å². The zero-order valence-corrected chi connectivity index (χ0v) is 11.8. The number of urea groups is 1. The molecule has 0 saturated heterocycles. The number of hydrogen-bond donors (Lipinski definition) is 3. The number of aromatic amines is 1. The van der Waals surface area contributed by atoms with Crippen LogP contribution in [0.2, 0.25) is 0 Å².